The Morgan fingerprint density at radius 1 is 0.864 bits per heavy atom. The quantitative estimate of drug-likeness (QED) is 0.405. The molecule has 0 aliphatic heterocycles. The second kappa shape index (κ2) is 14.8. The molecule has 0 spiro atoms. The number of carbonyl (C=O) groups excluding carboxylic acids is 1. The van der Waals surface area contributed by atoms with E-state index < -0.39 is 18.6 Å². The molecule has 1 amide bonds. The maximum atomic E-state index is 11.5. The van der Waals surface area contributed by atoms with Crippen molar-refractivity contribution >= 4 is 11.9 Å². The molecule has 5 nitrogen and oxygen atoms in total. The van der Waals surface area contributed by atoms with Crippen LogP contribution in [0.15, 0.2) is 0 Å². The zero-order valence-electron chi connectivity index (χ0n) is 14.0. The average molecular weight is 315 g/mol. The summed E-state index contributed by atoms with van der Waals surface area (Å²) in [5.41, 5.74) is 0. The van der Waals surface area contributed by atoms with Gasteiger partial charge in [-0.1, -0.05) is 71.1 Å². The average Bonchev–Trinajstić information content (AvgIpc) is 2.50. The fraction of sp³-hybridized carbons (Fsp3) is 0.882. The van der Waals surface area contributed by atoms with Crippen LogP contribution in [-0.4, -0.2) is 34.7 Å². The lowest BCUT2D eigenvalue weighted by Gasteiger charge is -2.11. The van der Waals surface area contributed by atoms with Crippen LogP contribution in [0, 0.1) is 0 Å². The van der Waals surface area contributed by atoms with Gasteiger partial charge in [0.1, 0.15) is 6.04 Å². The van der Waals surface area contributed by atoms with Crippen LogP contribution in [0.3, 0.4) is 0 Å². The van der Waals surface area contributed by atoms with Gasteiger partial charge in [0.2, 0.25) is 5.91 Å². The molecule has 0 aliphatic rings. The van der Waals surface area contributed by atoms with Crippen molar-refractivity contribution in [3.63, 3.8) is 0 Å². The Kier molecular flexibility index (Phi) is 14.1. The molecule has 0 bridgehead atoms. The Balaban J connectivity index is 3.35. The van der Waals surface area contributed by atoms with Crippen molar-refractivity contribution in [1.82, 2.24) is 5.32 Å². The summed E-state index contributed by atoms with van der Waals surface area (Å²) in [7, 11) is 0. The first-order valence-corrected chi connectivity index (χ1v) is 8.74. The number of nitrogens with one attached hydrogen (secondary N) is 1. The molecule has 0 rings (SSSR count). The minimum absolute atomic E-state index is 0.294. The first-order chi connectivity index (χ1) is 10.6. The fourth-order valence-corrected chi connectivity index (χ4v) is 2.40. The van der Waals surface area contributed by atoms with Crippen LogP contribution in [-0.2, 0) is 9.59 Å². The van der Waals surface area contributed by atoms with Gasteiger partial charge in [-0.2, -0.15) is 0 Å². The SMILES string of the molecule is CCCCCCCCCCCCCC(=O)N[C@@H](CO)C(=O)O. The largest absolute Gasteiger partial charge is 0.480 e. The van der Waals surface area contributed by atoms with Gasteiger partial charge in [0.15, 0.2) is 0 Å². The minimum atomic E-state index is -1.20. The highest BCUT2D eigenvalue weighted by atomic mass is 16.4. The van der Waals surface area contributed by atoms with Crippen molar-refractivity contribution in [2.45, 2.75) is 90.0 Å². The maximum Gasteiger partial charge on any atom is 0.328 e. The van der Waals surface area contributed by atoms with Gasteiger partial charge in [-0.15, -0.1) is 0 Å². The van der Waals surface area contributed by atoms with E-state index in [1.807, 2.05) is 0 Å². The van der Waals surface area contributed by atoms with Crippen LogP contribution in [0.2, 0.25) is 0 Å². The van der Waals surface area contributed by atoms with Crippen LogP contribution >= 0.6 is 0 Å². The van der Waals surface area contributed by atoms with E-state index in [4.69, 9.17) is 10.2 Å². The van der Waals surface area contributed by atoms with E-state index in [1.165, 1.54) is 51.4 Å². The molecule has 1 atom stereocenters. The number of aliphatic carboxylic acids is 1. The molecule has 22 heavy (non-hydrogen) atoms. The molecule has 0 aromatic rings. The normalized spacial score (nSPS) is 12.1. The molecule has 0 heterocycles. The first kappa shape index (κ1) is 20.9. The Labute approximate surface area is 134 Å². The van der Waals surface area contributed by atoms with E-state index in [9.17, 15) is 9.59 Å². The first-order valence-electron chi connectivity index (χ1n) is 8.74. The smallest absolute Gasteiger partial charge is 0.328 e. The number of unbranched alkanes of at least 4 members (excludes halogenated alkanes) is 10. The van der Waals surface area contributed by atoms with Crippen LogP contribution in [0.4, 0.5) is 0 Å². The van der Waals surface area contributed by atoms with E-state index in [0.29, 0.717) is 6.42 Å². The molecular formula is C17H33NO4. The monoisotopic (exact) mass is 315 g/mol. The van der Waals surface area contributed by atoms with Crippen LogP contribution < -0.4 is 5.32 Å². The summed E-state index contributed by atoms with van der Waals surface area (Å²) in [6.45, 7) is 1.66. The van der Waals surface area contributed by atoms with Crippen molar-refractivity contribution < 1.29 is 19.8 Å². The molecule has 0 saturated carbocycles. The highest BCUT2D eigenvalue weighted by Crippen LogP contribution is 2.11. The van der Waals surface area contributed by atoms with Gasteiger partial charge >= 0.3 is 5.97 Å². The molecule has 0 unspecified atom stereocenters. The molecule has 0 aromatic heterocycles. The van der Waals surface area contributed by atoms with Crippen LogP contribution in [0.1, 0.15) is 84.0 Å². The molecule has 130 valence electrons. The van der Waals surface area contributed by atoms with E-state index in [1.54, 1.807) is 0 Å². The van der Waals surface area contributed by atoms with E-state index in [-0.39, 0.29) is 5.91 Å². The number of aliphatic hydroxyl groups is 1. The Morgan fingerprint density at radius 2 is 1.32 bits per heavy atom. The van der Waals surface area contributed by atoms with Gasteiger partial charge in [0.05, 0.1) is 6.61 Å². The fourth-order valence-electron chi connectivity index (χ4n) is 2.40. The molecule has 0 saturated heterocycles. The van der Waals surface area contributed by atoms with Gasteiger partial charge < -0.3 is 15.5 Å². The number of carboxylic acids is 1. The Hall–Kier alpha value is -1.10. The maximum absolute atomic E-state index is 11.5. The number of carbonyl (C=O) groups is 2. The van der Waals surface area contributed by atoms with Crippen molar-refractivity contribution in [2.75, 3.05) is 6.61 Å². The summed E-state index contributed by atoms with van der Waals surface area (Å²) in [6.07, 6.45) is 13.7. The number of aliphatic hydroxyl groups excluding tert-OH is 1. The Morgan fingerprint density at radius 3 is 1.73 bits per heavy atom. The zero-order chi connectivity index (χ0) is 16.6. The Bertz CT molecular complexity index is 294. The number of hydrogen-bond donors (Lipinski definition) is 3. The summed E-state index contributed by atoms with van der Waals surface area (Å²) in [4.78, 5) is 22.1. The minimum Gasteiger partial charge on any atom is -0.480 e. The van der Waals surface area contributed by atoms with Gasteiger partial charge in [0, 0.05) is 6.42 Å². The van der Waals surface area contributed by atoms with Crippen molar-refractivity contribution in [3.8, 4) is 0 Å². The zero-order valence-corrected chi connectivity index (χ0v) is 14.0. The molecule has 0 aliphatic carbocycles. The number of amides is 1. The summed E-state index contributed by atoms with van der Waals surface area (Å²) in [5, 5.41) is 19.8. The summed E-state index contributed by atoms with van der Waals surface area (Å²) in [6, 6.07) is -1.18. The van der Waals surface area contributed by atoms with E-state index in [0.717, 1.165) is 19.3 Å². The second-order valence-electron chi connectivity index (χ2n) is 5.93. The van der Waals surface area contributed by atoms with Gasteiger partial charge in [-0.05, 0) is 6.42 Å². The number of hydrogen-bond acceptors (Lipinski definition) is 3. The van der Waals surface area contributed by atoms with Gasteiger partial charge in [-0.3, -0.25) is 4.79 Å². The predicted octanol–water partition coefficient (Wildman–Crippen LogP) is 3.25. The summed E-state index contributed by atoms with van der Waals surface area (Å²) >= 11 is 0. The van der Waals surface area contributed by atoms with Crippen LogP contribution in [0.25, 0.3) is 0 Å². The molecule has 3 N–H and O–H groups in total. The lowest BCUT2D eigenvalue weighted by molar-refractivity contribution is -0.142. The third-order valence-electron chi connectivity index (χ3n) is 3.82. The van der Waals surface area contributed by atoms with E-state index in [2.05, 4.69) is 12.2 Å². The molecule has 0 aromatic carbocycles. The van der Waals surface area contributed by atoms with Gasteiger partial charge in [-0.25, -0.2) is 4.79 Å². The lowest BCUT2D eigenvalue weighted by atomic mass is 10.1. The van der Waals surface area contributed by atoms with Crippen molar-refractivity contribution in [2.24, 2.45) is 0 Å². The lowest BCUT2D eigenvalue weighted by Crippen LogP contribution is -2.43. The number of carboxylic acid groups (broad SMARTS) is 1. The third-order valence-corrected chi connectivity index (χ3v) is 3.82. The number of rotatable bonds is 15. The highest BCUT2D eigenvalue weighted by molar-refractivity contribution is 5.83. The predicted molar refractivity (Wildman–Crippen MR) is 87.7 cm³/mol. The molecular weight excluding hydrogens is 282 g/mol. The second-order valence-corrected chi connectivity index (χ2v) is 5.93. The molecule has 0 fully saturated rings. The van der Waals surface area contributed by atoms with Crippen molar-refractivity contribution in [1.29, 1.82) is 0 Å². The van der Waals surface area contributed by atoms with Crippen molar-refractivity contribution in [3.05, 3.63) is 0 Å². The molecule has 0 radical (unpaired) electrons. The van der Waals surface area contributed by atoms with Gasteiger partial charge in [0.25, 0.3) is 0 Å². The third kappa shape index (κ3) is 12.6. The van der Waals surface area contributed by atoms with E-state index >= 15 is 0 Å². The summed E-state index contributed by atoms with van der Waals surface area (Å²) in [5.74, 6) is -1.49. The topological polar surface area (TPSA) is 86.6 Å². The molecule has 5 heteroatoms. The van der Waals surface area contributed by atoms with Crippen LogP contribution in [0.5, 0.6) is 0 Å². The summed E-state index contributed by atoms with van der Waals surface area (Å²) < 4.78 is 0. The standard InChI is InChI=1S/C17H33NO4/c1-2-3-4-5-6-7-8-9-10-11-12-13-16(20)18-15(14-19)17(21)22/h15,19H,2-14H2,1H3,(H,18,20)(H,21,22)/t15-/m0/s1. The highest BCUT2D eigenvalue weighted by Gasteiger charge is 2.17.